The van der Waals surface area contributed by atoms with Crippen molar-refractivity contribution < 1.29 is 17.9 Å². The molecule has 0 saturated carbocycles. The Hall–Kier alpha value is -2.37. The fourth-order valence-corrected chi connectivity index (χ4v) is 1.78. The van der Waals surface area contributed by atoms with Gasteiger partial charge >= 0.3 is 6.18 Å². The molecule has 0 aromatic heterocycles. The smallest absolute Gasteiger partial charge is 0.418 e. The Labute approximate surface area is 114 Å². The minimum absolute atomic E-state index is 0.202. The molecular weight excluding hydrogens is 269 g/mol. The Bertz CT molecular complexity index is 612. The van der Waals surface area contributed by atoms with Crippen LogP contribution in [0.1, 0.15) is 5.56 Å². The van der Waals surface area contributed by atoms with E-state index in [-0.39, 0.29) is 11.4 Å². The van der Waals surface area contributed by atoms with Crippen LogP contribution in [0.15, 0.2) is 42.5 Å². The van der Waals surface area contributed by atoms with Crippen LogP contribution in [0.25, 0.3) is 0 Å². The molecule has 0 aliphatic heterocycles. The lowest BCUT2D eigenvalue weighted by Crippen LogP contribution is -2.10. The van der Waals surface area contributed by atoms with E-state index >= 15 is 0 Å². The van der Waals surface area contributed by atoms with E-state index in [1.807, 2.05) is 0 Å². The zero-order valence-corrected chi connectivity index (χ0v) is 10.7. The normalized spacial score (nSPS) is 11.2. The van der Waals surface area contributed by atoms with Crippen LogP contribution in [0.4, 0.5) is 30.2 Å². The van der Waals surface area contributed by atoms with Crippen molar-refractivity contribution in [3.63, 3.8) is 0 Å². The Morgan fingerprint density at radius 3 is 2.45 bits per heavy atom. The fraction of sp³-hybridized carbons (Fsp3) is 0.143. The van der Waals surface area contributed by atoms with Crippen molar-refractivity contribution in [2.45, 2.75) is 6.18 Å². The lowest BCUT2D eigenvalue weighted by atomic mass is 10.1. The van der Waals surface area contributed by atoms with Crippen LogP contribution in [0.2, 0.25) is 0 Å². The molecule has 0 saturated heterocycles. The summed E-state index contributed by atoms with van der Waals surface area (Å²) < 4.78 is 43.3. The molecule has 0 radical (unpaired) electrons. The van der Waals surface area contributed by atoms with E-state index in [4.69, 9.17) is 10.5 Å². The van der Waals surface area contributed by atoms with E-state index in [9.17, 15) is 13.2 Å². The van der Waals surface area contributed by atoms with Crippen molar-refractivity contribution in [1.29, 1.82) is 0 Å². The molecule has 2 aromatic rings. The van der Waals surface area contributed by atoms with E-state index in [0.717, 1.165) is 6.07 Å². The zero-order chi connectivity index (χ0) is 14.8. The van der Waals surface area contributed by atoms with Crippen LogP contribution in [0.3, 0.4) is 0 Å². The number of ether oxygens (including phenoxy) is 1. The largest absolute Gasteiger partial charge is 0.497 e. The topological polar surface area (TPSA) is 47.3 Å². The Balaban J connectivity index is 2.34. The summed E-state index contributed by atoms with van der Waals surface area (Å²) in [4.78, 5) is 0. The van der Waals surface area contributed by atoms with Crippen LogP contribution in [0.5, 0.6) is 5.75 Å². The molecule has 6 heteroatoms. The van der Waals surface area contributed by atoms with Crippen LogP contribution < -0.4 is 15.8 Å². The molecule has 0 bridgehead atoms. The van der Waals surface area contributed by atoms with Gasteiger partial charge in [0.25, 0.3) is 0 Å². The predicted octanol–water partition coefficient (Wildman–Crippen LogP) is 4.04. The molecule has 3 nitrogen and oxygen atoms in total. The first-order valence-electron chi connectivity index (χ1n) is 5.78. The maximum atomic E-state index is 12.8. The van der Waals surface area contributed by atoms with E-state index in [0.29, 0.717) is 11.4 Å². The van der Waals surface area contributed by atoms with Crippen molar-refractivity contribution in [2.24, 2.45) is 0 Å². The number of nitrogens with two attached hydrogens (primary N) is 1. The van der Waals surface area contributed by atoms with Crippen LogP contribution >= 0.6 is 0 Å². The molecular formula is C14H13F3N2O. The highest BCUT2D eigenvalue weighted by Gasteiger charge is 2.33. The minimum atomic E-state index is -4.48. The van der Waals surface area contributed by atoms with Gasteiger partial charge in [0.05, 0.1) is 24.0 Å². The highest BCUT2D eigenvalue weighted by Crippen LogP contribution is 2.37. The second-order valence-corrected chi connectivity index (χ2v) is 4.12. The summed E-state index contributed by atoms with van der Waals surface area (Å²) in [6, 6.07) is 10.6. The van der Waals surface area contributed by atoms with Gasteiger partial charge in [-0.05, 0) is 24.3 Å². The number of benzene rings is 2. The van der Waals surface area contributed by atoms with Gasteiger partial charge in [-0.3, -0.25) is 0 Å². The second-order valence-electron chi connectivity index (χ2n) is 4.12. The summed E-state index contributed by atoms with van der Waals surface area (Å²) in [6.07, 6.45) is -4.48. The first kappa shape index (κ1) is 14.0. The molecule has 3 N–H and O–H groups in total. The third-order valence-electron chi connectivity index (χ3n) is 2.76. The monoisotopic (exact) mass is 282 g/mol. The first-order valence-corrected chi connectivity index (χ1v) is 5.78. The van der Waals surface area contributed by atoms with Crippen LogP contribution in [-0.4, -0.2) is 7.11 Å². The van der Waals surface area contributed by atoms with Crippen molar-refractivity contribution >= 4 is 17.1 Å². The number of nitrogen functional groups attached to an aromatic ring is 1. The molecule has 0 aliphatic carbocycles. The second kappa shape index (κ2) is 5.32. The summed E-state index contributed by atoms with van der Waals surface area (Å²) in [5.74, 6) is 0.598. The molecule has 106 valence electrons. The van der Waals surface area contributed by atoms with Gasteiger partial charge in [0.15, 0.2) is 0 Å². The van der Waals surface area contributed by atoms with E-state index in [1.54, 1.807) is 24.3 Å². The van der Waals surface area contributed by atoms with Crippen molar-refractivity contribution in [1.82, 2.24) is 0 Å². The highest BCUT2D eigenvalue weighted by molar-refractivity contribution is 5.76. The maximum absolute atomic E-state index is 12.8. The summed E-state index contributed by atoms with van der Waals surface area (Å²) in [6.45, 7) is 0. The van der Waals surface area contributed by atoms with Gasteiger partial charge in [-0.1, -0.05) is 12.1 Å². The van der Waals surface area contributed by atoms with E-state index in [1.165, 1.54) is 19.2 Å². The molecule has 2 aromatic carbocycles. The van der Waals surface area contributed by atoms with Gasteiger partial charge in [0, 0.05) is 11.8 Å². The van der Waals surface area contributed by atoms with Crippen molar-refractivity contribution in [3.8, 4) is 5.75 Å². The van der Waals surface area contributed by atoms with E-state index < -0.39 is 11.7 Å². The number of nitrogens with one attached hydrogen (secondary N) is 1. The Kier molecular flexibility index (Phi) is 3.74. The number of rotatable bonds is 3. The predicted molar refractivity (Wildman–Crippen MR) is 72.1 cm³/mol. The number of methoxy groups -OCH3 is 1. The van der Waals surface area contributed by atoms with Gasteiger partial charge in [-0.15, -0.1) is 0 Å². The van der Waals surface area contributed by atoms with Crippen LogP contribution in [0, 0.1) is 0 Å². The Morgan fingerprint density at radius 1 is 1.10 bits per heavy atom. The van der Waals surface area contributed by atoms with Crippen LogP contribution in [-0.2, 0) is 6.18 Å². The number of halogens is 3. The minimum Gasteiger partial charge on any atom is -0.497 e. The fourth-order valence-electron chi connectivity index (χ4n) is 1.78. The average molecular weight is 282 g/mol. The molecule has 2 rings (SSSR count). The number of para-hydroxylation sites is 1. The molecule has 0 heterocycles. The summed E-state index contributed by atoms with van der Waals surface area (Å²) >= 11 is 0. The van der Waals surface area contributed by atoms with Crippen molar-refractivity contribution in [3.05, 3.63) is 48.0 Å². The lowest BCUT2D eigenvalue weighted by Gasteiger charge is -2.15. The number of alkyl halides is 3. The maximum Gasteiger partial charge on any atom is 0.418 e. The summed E-state index contributed by atoms with van der Waals surface area (Å²) in [5, 5.41) is 2.85. The molecule has 0 atom stereocenters. The highest BCUT2D eigenvalue weighted by atomic mass is 19.4. The van der Waals surface area contributed by atoms with Gasteiger partial charge in [-0.25, -0.2) is 0 Å². The third-order valence-corrected chi connectivity index (χ3v) is 2.76. The quantitative estimate of drug-likeness (QED) is 0.835. The SMILES string of the molecule is COc1cccc(Nc2cccc(C(F)(F)F)c2N)c1. The number of hydrogen-bond donors (Lipinski definition) is 2. The van der Waals surface area contributed by atoms with E-state index in [2.05, 4.69) is 5.32 Å². The first-order chi connectivity index (χ1) is 9.41. The van der Waals surface area contributed by atoms with Gasteiger partial charge in [0.2, 0.25) is 0 Å². The Morgan fingerprint density at radius 2 is 1.80 bits per heavy atom. The molecule has 0 amide bonds. The molecule has 0 unspecified atom stereocenters. The average Bonchev–Trinajstić information content (AvgIpc) is 2.40. The number of anilines is 3. The summed E-state index contributed by atoms with van der Waals surface area (Å²) in [7, 11) is 1.51. The molecule has 0 aliphatic rings. The zero-order valence-electron chi connectivity index (χ0n) is 10.7. The van der Waals surface area contributed by atoms with Gasteiger partial charge in [-0.2, -0.15) is 13.2 Å². The van der Waals surface area contributed by atoms with Crippen molar-refractivity contribution in [2.75, 3.05) is 18.2 Å². The van der Waals surface area contributed by atoms with Gasteiger partial charge < -0.3 is 15.8 Å². The third kappa shape index (κ3) is 2.96. The summed E-state index contributed by atoms with van der Waals surface area (Å²) in [5.41, 5.74) is 5.18. The molecule has 0 spiro atoms. The standard InChI is InChI=1S/C14H13F3N2O/c1-20-10-5-2-4-9(8-10)19-12-7-3-6-11(13(12)18)14(15,16)17/h2-8,19H,18H2,1H3. The lowest BCUT2D eigenvalue weighted by molar-refractivity contribution is -0.136. The molecule has 20 heavy (non-hydrogen) atoms. The number of hydrogen-bond acceptors (Lipinski definition) is 3. The molecule has 0 fully saturated rings. The van der Waals surface area contributed by atoms with Gasteiger partial charge in [0.1, 0.15) is 5.75 Å².